The molecule has 0 aliphatic carbocycles. The molecule has 114 valence electrons. The Bertz CT molecular complexity index is 595. The number of hydrogen-bond donors (Lipinski definition) is 3. The van der Waals surface area contributed by atoms with Gasteiger partial charge in [-0.05, 0) is 24.6 Å². The standard InChI is InChI=1S/C18H25NO2/c1-12(2)10-15(20)11-19-13(3)16-9-8-14-6-4-5-7-17(14)18(16)21/h4-9,12-13,15,19-21H,10-11H2,1-3H3. The predicted molar refractivity (Wildman–Crippen MR) is 87.5 cm³/mol. The molecule has 0 fully saturated rings. The molecule has 0 saturated heterocycles. The first-order chi connectivity index (χ1) is 9.99. The molecule has 2 atom stereocenters. The summed E-state index contributed by atoms with van der Waals surface area (Å²) >= 11 is 0. The highest BCUT2D eigenvalue weighted by Crippen LogP contribution is 2.32. The number of fused-ring (bicyclic) bond motifs is 1. The monoisotopic (exact) mass is 287 g/mol. The summed E-state index contributed by atoms with van der Waals surface area (Å²) in [5, 5.41) is 25.6. The minimum Gasteiger partial charge on any atom is -0.507 e. The van der Waals surface area contributed by atoms with Gasteiger partial charge in [-0.15, -0.1) is 0 Å². The van der Waals surface area contributed by atoms with Crippen molar-refractivity contribution in [2.45, 2.75) is 39.3 Å². The molecular weight excluding hydrogens is 262 g/mol. The summed E-state index contributed by atoms with van der Waals surface area (Å²) in [4.78, 5) is 0. The molecule has 0 radical (unpaired) electrons. The van der Waals surface area contributed by atoms with Crippen molar-refractivity contribution < 1.29 is 10.2 Å². The lowest BCUT2D eigenvalue weighted by Crippen LogP contribution is -2.30. The van der Waals surface area contributed by atoms with Gasteiger partial charge in [-0.3, -0.25) is 0 Å². The highest BCUT2D eigenvalue weighted by Gasteiger charge is 2.14. The van der Waals surface area contributed by atoms with Crippen LogP contribution in [-0.2, 0) is 0 Å². The molecule has 0 bridgehead atoms. The van der Waals surface area contributed by atoms with Crippen LogP contribution in [0.2, 0.25) is 0 Å². The van der Waals surface area contributed by atoms with Crippen LogP contribution in [0.4, 0.5) is 0 Å². The maximum Gasteiger partial charge on any atom is 0.128 e. The van der Waals surface area contributed by atoms with Crippen molar-refractivity contribution in [2.24, 2.45) is 5.92 Å². The van der Waals surface area contributed by atoms with Crippen molar-refractivity contribution in [3.63, 3.8) is 0 Å². The maximum atomic E-state index is 10.4. The molecule has 2 aromatic carbocycles. The number of aliphatic hydroxyl groups is 1. The average molecular weight is 287 g/mol. The van der Waals surface area contributed by atoms with E-state index in [2.05, 4.69) is 19.2 Å². The van der Waals surface area contributed by atoms with E-state index in [-0.39, 0.29) is 12.1 Å². The van der Waals surface area contributed by atoms with Gasteiger partial charge in [0.05, 0.1) is 6.10 Å². The zero-order valence-electron chi connectivity index (χ0n) is 13.0. The van der Waals surface area contributed by atoms with Crippen LogP contribution < -0.4 is 5.32 Å². The van der Waals surface area contributed by atoms with E-state index in [9.17, 15) is 10.2 Å². The minimum atomic E-state index is -0.352. The molecule has 0 amide bonds. The van der Waals surface area contributed by atoms with Gasteiger partial charge >= 0.3 is 0 Å². The topological polar surface area (TPSA) is 52.5 Å². The smallest absolute Gasteiger partial charge is 0.128 e. The van der Waals surface area contributed by atoms with Crippen LogP contribution in [-0.4, -0.2) is 22.9 Å². The zero-order valence-corrected chi connectivity index (χ0v) is 13.0. The number of benzene rings is 2. The van der Waals surface area contributed by atoms with Gasteiger partial charge in [0.25, 0.3) is 0 Å². The SMILES string of the molecule is CC(C)CC(O)CNC(C)c1ccc2ccccc2c1O. The molecular formula is C18H25NO2. The molecule has 21 heavy (non-hydrogen) atoms. The molecule has 0 aliphatic heterocycles. The minimum absolute atomic E-state index is 0.00332. The van der Waals surface area contributed by atoms with E-state index in [1.54, 1.807) is 0 Å². The summed E-state index contributed by atoms with van der Waals surface area (Å²) in [5.41, 5.74) is 0.866. The van der Waals surface area contributed by atoms with E-state index >= 15 is 0 Å². The fraction of sp³-hybridized carbons (Fsp3) is 0.444. The summed E-state index contributed by atoms with van der Waals surface area (Å²) in [5.74, 6) is 0.803. The van der Waals surface area contributed by atoms with E-state index in [0.29, 0.717) is 18.2 Å². The third kappa shape index (κ3) is 3.96. The highest BCUT2D eigenvalue weighted by molar-refractivity contribution is 5.89. The second-order valence-corrected chi connectivity index (χ2v) is 6.14. The lowest BCUT2D eigenvalue weighted by Gasteiger charge is -2.20. The van der Waals surface area contributed by atoms with Crippen molar-refractivity contribution in [2.75, 3.05) is 6.54 Å². The first kappa shape index (κ1) is 15.8. The molecule has 2 unspecified atom stereocenters. The summed E-state index contributed by atoms with van der Waals surface area (Å²) in [6, 6.07) is 11.8. The lowest BCUT2D eigenvalue weighted by molar-refractivity contribution is 0.143. The van der Waals surface area contributed by atoms with E-state index in [1.807, 2.05) is 43.3 Å². The molecule has 2 aromatic rings. The van der Waals surface area contributed by atoms with Gasteiger partial charge in [0, 0.05) is 23.5 Å². The Hall–Kier alpha value is -1.58. The quantitative estimate of drug-likeness (QED) is 0.761. The van der Waals surface area contributed by atoms with Gasteiger partial charge in [-0.2, -0.15) is 0 Å². The van der Waals surface area contributed by atoms with Gasteiger partial charge in [-0.1, -0.05) is 50.2 Å². The number of nitrogens with one attached hydrogen (secondary N) is 1. The van der Waals surface area contributed by atoms with Crippen LogP contribution >= 0.6 is 0 Å². The van der Waals surface area contributed by atoms with Gasteiger partial charge in [-0.25, -0.2) is 0 Å². The fourth-order valence-electron chi connectivity index (χ4n) is 2.67. The fourth-order valence-corrected chi connectivity index (χ4v) is 2.67. The van der Waals surface area contributed by atoms with Crippen molar-refractivity contribution in [1.82, 2.24) is 5.32 Å². The number of aromatic hydroxyl groups is 1. The van der Waals surface area contributed by atoms with Crippen molar-refractivity contribution in [3.05, 3.63) is 42.0 Å². The van der Waals surface area contributed by atoms with Crippen molar-refractivity contribution >= 4 is 10.8 Å². The molecule has 3 N–H and O–H groups in total. The van der Waals surface area contributed by atoms with Crippen LogP contribution in [0.5, 0.6) is 5.75 Å². The van der Waals surface area contributed by atoms with Crippen LogP contribution in [0.15, 0.2) is 36.4 Å². The Morgan fingerprint density at radius 3 is 2.48 bits per heavy atom. The van der Waals surface area contributed by atoms with Gasteiger partial charge in [0.1, 0.15) is 5.75 Å². The zero-order chi connectivity index (χ0) is 15.4. The number of phenolic OH excluding ortho intramolecular Hbond substituents is 1. The van der Waals surface area contributed by atoms with Crippen LogP contribution in [0.25, 0.3) is 10.8 Å². The molecule has 0 heterocycles. The second kappa shape index (κ2) is 6.92. The largest absolute Gasteiger partial charge is 0.507 e. The van der Waals surface area contributed by atoms with E-state index in [1.165, 1.54) is 0 Å². The Labute approximate surface area is 126 Å². The van der Waals surface area contributed by atoms with E-state index in [4.69, 9.17) is 0 Å². The summed E-state index contributed by atoms with van der Waals surface area (Å²) < 4.78 is 0. The first-order valence-corrected chi connectivity index (χ1v) is 7.61. The summed E-state index contributed by atoms with van der Waals surface area (Å²) in [6.07, 6.45) is 0.429. The Balaban J connectivity index is 2.09. The Morgan fingerprint density at radius 1 is 1.05 bits per heavy atom. The number of phenols is 1. The van der Waals surface area contributed by atoms with Gasteiger partial charge < -0.3 is 15.5 Å². The maximum absolute atomic E-state index is 10.4. The van der Waals surface area contributed by atoms with Crippen LogP contribution in [0, 0.1) is 5.92 Å². The predicted octanol–water partition coefficient (Wildman–Crippen LogP) is 3.60. The van der Waals surface area contributed by atoms with E-state index < -0.39 is 0 Å². The first-order valence-electron chi connectivity index (χ1n) is 7.61. The highest BCUT2D eigenvalue weighted by atomic mass is 16.3. The molecule has 0 saturated carbocycles. The molecule has 3 heteroatoms. The van der Waals surface area contributed by atoms with E-state index in [0.717, 1.165) is 22.8 Å². The van der Waals surface area contributed by atoms with Gasteiger partial charge in [0.2, 0.25) is 0 Å². The molecule has 0 aliphatic rings. The van der Waals surface area contributed by atoms with Gasteiger partial charge in [0.15, 0.2) is 0 Å². The Morgan fingerprint density at radius 2 is 1.76 bits per heavy atom. The van der Waals surface area contributed by atoms with Crippen molar-refractivity contribution in [1.29, 1.82) is 0 Å². The number of hydrogen-bond acceptors (Lipinski definition) is 3. The molecule has 2 rings (SSSR count). The molecule has 0 aromatic heterocycles. The average Bonchev–Trinajstić information content (AvgIpc) is 2.45. The summed E-state index contributed by atoms with van der Waals surface area (Å²) in [7, 11) is 0. The third-order valence-corrected chi connectivity index (χ3v) is 3.80. The van der Waals surface area contributed by atoms with Crippen LogP contribution in [0.1, 0.15) is 38.8 Å². The van der Waals surface area contributed by atoms with Crippen LogP contribution in [0.3, 0.4) is 0 Å². The third-order valence-electron chi connectivity index (χ3n) is 3.80. The number of rotatable bonds is 6. The second-order valence-electron chi connectivity index (χ2n) is 6.14. The number of aliphatic hydroxyl groups excluding tert-OH is 1. The van der Waals surface area contributed by atoms with Crippen molar-refractivity contribution in [3.8, 4) is 5.75 Å². The summed E-state index contributed by atoms with van der Waals surface area (Å²) in [6.45, 7) is 6.74. The lowest BCUT2D eigenvalue weighted by atomic mass is 10.0. The Kier molecular flexibility index (Phi) is 5.21. The molecule has 3 nitrogen and oxygen atoms in total. The molecule has 0 spiro atoms. The normalized spacial score (nSPS) is 14.5.